The predicted octanol–water partition coefficient (Wildman–Crippen LogP) is 4.45. The van der Waals surface area contributed by atoms with Gasteiger partial charge in [-0.1, -0.05) is 6.92 Å². The number of ether oxygens (including phenoxy) is 1. The van der Waals surface area contributed by atoms with E-state index in [4.69, 9.17) is 4.74 Å². The van der Waals surface area contributed by atoms with Crippen molar-refractivity contribution >= 4 is 15.9 Å². The van der Waals surface area contributed by atoms with E-state index < -0.39 is 0 Å². The molecule has 1 unspecified atom stereocenters. The summed E-state index contributed by atoms with van der Waals surface area (Å²) < 4.78 is 19.2. The zero-order chi connectivity index (χ0) is 14.5. The standard InChI is InChI=1S/C15H16BrFN2O/c1-3-18-10(2)11-6-7-19-15(8-11)20-12-4-5-14(17)13(16)9-12/h4-10,18H,3H2,1-2H3. The monoisotopic (exact) mass is 338 g/mol. The van der Waals surface area contributed by atoms with E-state index in [9.17, 15) is 4.39 Å². The second-order valence-corrected chi connectivity index (χ2v) is 5.24. The summed E-state index contributed by atoms with van der Waals surface area (Å²) in [6.07, 6.45) is 1.71. The fraction of sp³-hybridized carbons (Fsp3) is 0.267. The van der Waals surface area contributed by atoms with Gasteiger partial charge >= 0.3 is 0 Å². The number of halogens is 2. The van der Waals surface area contributed by atoms with Crippen LogP contribution in [0.3, 0.4) is 0 Å². The minimum absolute atomic E-state index is 0.227. The lowest BCUT2D eigenvalue weighted by atomic mass is 10.1. The maximum Gasteiger partial charge on any atom is 0.219 e. The predicted molar refractivity (Wildman–Crippen MR) is 80.5 cm³/mol. The van der Waals surface area contributed by atoms with Gasteiger partial charge in [-0.3, -0.25) is 0 Å². The Kier molecular flexibility index (Phi) is 5.09. The maximum absolute atomic E-state index is 13.2. The van der Waals surface area contributed by atoms with Crippen LogP contribution >= 0.6 is 15.9 Å². The lowest BCUT2D eigenvalue weighted by Crippen LogP contribution is -2.17. The first-order valence-corrected chi connectivity index (χ1v) is 7.21. The van der Waals surface area contributed by atoms with Gasteiger partial charge in [0.05, 0.1) is 4.47 Å². The van der Waals surface area contributed by atoms with Crippen molar-refractivity contribution in [3.8, 4) is 11.6 Å². The summed E-state index contributed by atoms with van der Waals surface area (Å²) >= 11 is 3.13. The summed E-state index contributed by atoms with van der Waals surface area (Å²) in [6, 6.07) is 8.56. The van der Waals surface area contributed by atoms with Crippen LogP contribution in [-0.4, -0.2) is 11.5 Å². The Morgan fingerprint density at radius 1 is 1.35 bits per heavy atom. The number of hydrogen-bond donors (Lipinski definition) is 1. The highest BCUT2D eigenvalue weighted by atomic mass is 79.9. The number of hydrogen-bond acceptors (Lipinski definition) is 3. The summed E-state index contributed by atoms with van der Waals surface area (Å²) in [6.45, 7) is 5.03. The van der Waals surface area contributed by atoms with E-state index >= 15 is 0 Å². The van der Waals surface area contributed by atoms with Crippen molar-refractivity contribution < 1.29 is 9.13 Å². The van der Waals surface area contributed by atoms with Crippen molar-refractivity contribution in [3.05, 3.63) is 52.4 Å². The van der Waals surface area contributed by atoms with E-state index in [-0.39, 0.29) is 11.9 Å². The molecule has 0 radical (unpaired) electrons. The fourth-order valence-corrected chi connectivity index (χ4v) is 2.19. The molecule has 5 heteroatoms. The lowest BCUT2D eigenvalue weighted by molar-refractivity contribution is 0.458. The molecule has 1 N–H and O–H groups in total. The molecule has 1 aromatic heterocycles. The van der Waals surface area contributed by atoms with Crippen molar-refractivity contribution in [2.24, 2.45) is 0 Å². The molecule has 2 aromatic rings. The second-order valence-electron chi connectivity index (χ2n) is 4.38. The molecule has 0 saturated heterocycles. The van der Waals surface area contributed by atoms with Crippen LogP contribution in [0.4, 0.5) is 4.39 Å². The van der Waals surface area contributed by atoms with E-state index in [0.717, 1.165) is 12.1 Å². The van der Waals surface area contributed by atoms with Gasteiger partial charge in [-0.05, 0) is 59.2 Å². The molecule has 106 valence electrons. The van der Waals surface area contributed by atoms with Crippen molar-refractivity contribution in [3.63, 3.8) is 0 Å². The highest BCUT2D eigenvalue weighted by Crippen LogP contribution is 2.26. The van der Waals surface area contributed by atoms with E-state index in [1.54, 1.807) is 18.3 Å². The summed E-state index contributed by atoms with van der Waals surface area (Å²) in [5.74, 6) is 0.713. The average Bonchev–Trinajstić information content (AvgIpc) is 2.43. The fourth-order valence-electron chi connectivity index (χ4n) is 1.84. The molecule has 0 aliphatic heterocycles. The Bertz CT molecular complexity index is 592. The summed E-state index contributed by atoms with van der Waals surface area (Å²) in [5, 5.41) is 3.33. The molecule has 0 aliphatic rings. The van der Waals surface area contributed by atoms with Crippen LogP contribution in [0.25, 0.3) is 0 Å². The summed E-state index contributed by atoms with van der Waals surface area (Å²) in [7, 11) is 0. The van der Waals surface area contributed by atoms with Crippen LogP contribution in [0.15, 0.2) is 41.0 Å². The Balaban J connectivity index is 2.16. The molecule has 1 heterocycles. The molecule has 0 fully saturated rings. The van der Waals surface area contributed by atoms with Gasteiger partial charge < -0.3 is 10.1 Å². The average molecular weight is 339 g/mol. The van der Waals surface area contributed by atoms with Gasteiger partial charge in [0.1, 0.15) is 11.6 Å². The Labute approximate surface area is 126 Å². The topological polar surface area (TPSA) is 34.2 Å². The molecule has 0 saturated carbocycles. The van der Waals surface area contributed by atoms with Gasteiger partial charge in [0.15, 0.2) is 0 Å². The highest BCUT2D eigenvalue weighted by molar-refractivity contribution is 9.10. The second kappa shape index (κ2) is 6.81. The highest BCUT2D eigenvalue weighted by Gasteiger charge is 2.07. The molecule has 1 aromatic carbocycles. The Morgan fingerprint density at radius 3 is 2.85 bits per heavy atom. The van der Waals surface area contributed by atoms with Crippen LogP contribution in [0, 0.1) is 5.82 Å². The number of benzene rings is 1. The number of nitrogens with one attached hydrogen (secondary N) is 1. The number of nitrogens with zero attached hydrogens (tertiary/aromatic N) is 1. The zero-order valence-electron chi connectivity index (χ0n) is 11.4. The molecule has 2 rings (SSSR count). The third-order valence-electron chi connectivity index (χ3n) is 2.88. The first-order chi connectivity index (χ1) is 9.60. The summed E-state index contributed by atoms with van der Waals surface area (Å²) in [5.41, 5.74) is 1.10. The van der Waals surface area contributed by atoms with E-state index in [2.05, 4.69) is 40.1 Å². The van der Waals surface area contributed by atoms with Gasteiger partial charge in [0, 0.05) is 18.3 Å². The maximum atomic E-state index is 13.2. The smallest absolute Gasteiger partial charge is 0.219 e. The molecule has 20 heavy (non-hydrogen) atoms. The van der Waals surface area contributed by atoms with Gasteiger partial charge in [0.25, 0.3) is 0 Å². The van der Waals surface area contributed by atoms with Crippen LogP contribution in [0.5, 0.6) is 11.6 Å². The Morgan fingerprint density at radius 2 is 2.15 bits per heavy atom. The van der Waals surface area contributed by atoms with Gasteiger partial charge in [0.2, 0.25) is 5.88 Å². The third-order valence-corrected chi connectivity index (χ3v) is 3.49. The van der Waals surface area contributed by atoms with Crippen molar-refractivity contribution in [2.45, 2.75) is 19.9 Å². The molecule has 0 bridgehead atoms. The quantitative estimate of drug-likeness (QED) is 0.874. The van der Waals surface area contributed by atoms with E-state index in [0.29, 0.717) is 16.1 Å². The first-order valence-electron chi connectivity index (χ1n) is 6.42. The minimum Gasteiger partial charge on any atom is -0.439 e. The van der Waals surface area contributed by atoms with Crippen molar-refractivity contribution in [1.82, 2.24) is 10.3 Å². The molecular weight excluding hydrogens is 323 g/mol. The first kappa shape index (κ1) is 14.9. The number of rotatable bonds is 5. The summed E-state index contributed by atoms with van der Waals surface area (Å²) in [4.78, 5) is 4.17. The SMILES string of the molecule is CCNC(C)c1ccnc(Oc2ccc(F)c(Br)c2)c1. The van der Waals surface area contributed by atoms with Gasteiger partial charge in [-0.15, -0.1) is 0 Å². The van der Waals surface area contributed by atoms with Crippen LogP contribution in [-0.2, 0) is 0 Å². The zero-order valence-corrected chi connectivity index (χ0v) is 12.9. The van der Waals surface area contributed by atoms with Crippen molar-refractivity contribution in [2.75, 3.05) is 6.54 Å². The van der Waals surface area contributed by atoms with Crippen LogP contribution in [0.2, 0.25) is 0 Å². The van der Waals surface area contributed by atoms with E-state index in [1.165, 1.54) is 6.07 Å². The normalized spacial score (nSPS) is 12.2. The van der Waals surface area contributed by atoms with Crippen molar-refractivity contribution in [1.29, 1.82) is 0 Å². The number of pyridine rings is 1. The Hall–Kier alpha value is -1.46. The van der Waals surface area contributed by atoms with E-state index in [1.807, 2.05) is 12.1 Å². The number of aromatic nitrogens is 1. The molecule has 0 amide bonds. The van der Waals surface area contributed by atoms with Crippen LogP contribution < -0.4 is 10.1 Å². The van der Waals surface area contributed by atoms with Gasteiger partial charge in [-0.2, -0.15) is 0 Å². The third kappa shape index (κ3) is 3.77. The minimum atomic E-state index is -0.320. The lowest BCUT2D eigenvalue weighted by Gasteiger charge is -2.13. The molecular formula is C15H16BrFN2O. The molecule has 3 nitrogen and oxygen atoms in total. The molecule has 0 spiro atoms. The van der Waals surface area contributed by atoms with Crippen LogP contribution in [0.1, 0.15) is 25.5 Å². The van der Waals surface area contributed by atoms with Gasteiger partial charge in [-0.25, -0.2) is 9.37 Å². The molecule has 1 atom stereocenters. The molecule has 0 aliphatic carbocycles. The largest absolute Gasteiger partial charge is 0.439 e.